The highest BCUT2D eigenvalue weighted by Crippen LogP contribution is 2.43. The van der Waals surface area contributed by atoms with Gasteiger partial charge in [-0.15, -0.1) is 22.7 Å². The van der Waals surface area contributed by atoms with Crippen molar-refractivity contribution in [1.29, 1.82) is 0 Å². The third-order valence-electron chi connectivity index (χ3n) is 10.8. The number of hydrogen-bond donors (Lipinski definition) is 0. The molecule has 3 heterocycles. The van der Waals surface area contributed by atoms with Crippen LogP contribution >= 0.6 is 22.7 Å². The first-order valence-electron chi connectivity index (χ1n) is 17.4. The molecule has 50 heavy (non-hydrogen) atoms. The number of nitrogens with zero attached hydrogens (tertiary/aromatic N) is 1. The first-order valence-corrected chi connectivity index (χ1v) is 20.5. The number of anilines is 2. The lowest BCUT2D eigenvalue weighted by molar-refractivity contribution is 0.931. The van der Waals surface area contributed by atoms with Crippen molar-refractivity contribution in [3.05, 3.63) is 163 Å². The number of allylic oxidation sites excluding steroid dienone is 4. The Morgan fingerprint density at radius 2 is 1.22 bits per heavy atom. The number of rotatable bonds is 4. The molecule has 0 radical (unpaired) electrons. The summed E-state index contributed by atoms with van der Waals surface area (Å²) in [4.78, 5) is 2.55. The molecule has 0 atom stereocenters. The molecular formula is C46H31NS2Si. The van der Waals surface area contributed by atoms with Gasteiger partial charge in [0.1, 0.15) is 0 Å². The van der Waals surface area contributed by atoms with Crippen LogP contribution in [0.25, 0.3) is 67.8 Å². The van der Waals surface area contributed by atoms with E-state index in [2.05, 4.69) is 157 Å². The minimum atomic E-state index is -0.606. The molecule has 0 bridgehead atoms. The third kappa shape index (κ3) is 4.42. The second-order valence-electron chi connectivity index (χ2n) is 13.6. The number of fused-ring (bicyclic) bond motifs is 11. The molecule has 7 aromatic carbocycles. The molecule has 4 heteroatoms. The van der Waals surface area contributed by atoms with Crippen LogP contribution < -0.4 is 15.3 Å². The summed E-state index contributed by atoms with van der Waals surface area (Å²) >= 11 is 3.86. The van der Waals surface area contributed by atoms with Crippen LogP contribution in [0.1, 0.15) is 18.4 Å². The van der Waals surface area contributed by atoms with Gasteiger partial charge in [0, 0.05) is 57.4 Å². The second-order valence-corrected chi connectivity index (χ2v) is 17.6. The summed E-state index contributed by atoms with van der Waals surface area (Å²) in [6, 6.07) is 52.5. The first-order chi connectivity index (χ1) is 24.7. The topological polar surface area (TPSA) is 3.24 Å². The highest BCUT2D eigenvalue weighted by molar-refractivity contribution is 7.26. The molecule has 236 valence electrons. The van der Waals surface area contributed by atoms with E-state index in [1.165, 1.54) is 90.5 Å². The maximum absolute atomic E-state index is 2.55. The maximum atomic E-state index is 2.55. The van der Waals surface area contributed by atoms with Crippen LogP contribution in [0.15, 0.2) is 157 Å². The van der Waals surface area contributed by atoms with Gasteiger partial charge in [-0.25, -0.2) is 0 Å². The van der Waals surface area contributed by atoms with E-state index in [0.717, 1.165) is 12.8 Å². The van der Waals surface area contributed by atoms with Crippen molar-refractivity contribution in [3.8, 4) is 11.1 Å². The predicted molar refractivity (Wildman–Crippen MR) is 223 cm³/mol. The van der Waals surface area contributed by atoms with Crippen LogP contribution in [-0.4, -0.2) is 9.52 Å². The molecule has 2 aliphatic rings. The standard InChI is InChI=1S/C46H31NS2Si/c1-2-8-30-25-31(14-13-28(30)7-1)29-15-17-32(18-16-29)47(33-19-21-37-35-9-3-5-11-40(35)48-42(37)26-33)34-20-22-39-44(27-34)50-43-24-23-38-36-10-4-6-12-41(36)49-46(38)45(39)43/h1-15,17,19-27H,16,18,50H2. The average molecular weight is 690 g/mol. The predicted octanol–water partition coefficient (Wildman–Crippen LogP) is 11.6. The van der Waals surface area contributed by atoms with Crippen molar-refractivity contribution < 1.29 is 0 Å². The Bertz CT molecular complexity index is 2920. The van der Waals surface area contributed by atoms with Gasteiger partial charge in [-0.2, -0.15) is 0 Å². The van der Waals surface area contributed by atoms with Crippen LogP contribution in [0.3, 0.4) is 0 Å². The SMILES string of the molecule is C1=C(c2ccc3ccccc3c2)CCC(N(c2ccc3c(c2)[SiH2]c2ccc4c(sc5ccccc54)c2-3)c2ccc3c(c2)sc2ccccc23)=C1. The summed E-state index contributed by atoms with van der Waals surface area (Å²) in [5.74, 6) is 0. The van der Waals surface area contributed by atoms with Gasteiger partial charge in [0.25, 0.3) is 0 Å². The lowest BCUT2D eigenvalue weighted by Crippen LogP contribution is -2.23. The van der Waals surface area contributed by atoms with E-state index in [0.29, 0.717) is 0 Å². The summed E-state index contributed by atoms with van der Waals surface area (Å²) in [6.45, 7) is 0. The molecule has 1 aliphatic heterocycles. The van der Waals surface area contributed by atoms with Gasteiger partial charge < -0.3 is 4.90 Å². The number of hydrogen-bond acceptors (Lipinski definition) is 3. The van der Waals surface area contributed by atoms with E-state index in [-0.39, 0.29) is 0 Å². The monoisotopic (exact) mass is 689 g/mol. The summed E-state index contributed by atoms with van der Waals surface area (Å²) in [7, 11) is -0.606. The van der Waals surface area contributed by atoms with E-state index in [1.54, 1.807) is 10.4 Å². The Kier molecular flexibility index (Phi) is 6.36. The van der Waals surface area contributed by atoms with Gasteiger partial charge in [-0.1, -0.05) is 114 Å². The summed E-state index contributed by atoms with van der Waals surface area (Å²) in [6.07, 6.45) is 6.74. The summed E-state index contributed by atoms with van der Waals surface area (Å²) < 4.78 is 5.52. The molecule has 0 fully saturated rings. The molecule has 2 aromatic heterocycles. The zero-order valence-electron chi connectivity index (χ0n) is 27.3. The van der Waals surface area contributed by atoms with Crippen molar-refractivity contribution in [1.82, 2.24) is 0 Å². The van der Waals surface area contributed by atoms with Gasteiger partial charge in [-0.3, -0.25) is 0 Å². The van der Waals surface area contributed by atoms with Gasteiger partial charge in [0.05, 0.1) is 9.52 Å². The lowest BCUT2D eigenvalue weighted by Gasteiger charge is -2.30. The van der Waals surface area contributed by atoms with Gasteiger partial charge in [-0.05, 0) is 94.4 Å². The minimum Gasteiger partial charge on any atom is -0.314 e. The number of thiophene rings is 2. The Balaban J connectivity index is 1.04. The van der Waals surface area contributed by atoms with Crippen molar-refractivity contribution in [2.75, 3.05) is 4.90 Å². The van der Waals surface area contributed by atoms with Crippen molar-refractivity contribution in [2.45, 2.75) is 12.8 Å². The van der Waals surface area contributed by atoms with Crippen molar-refractivity contribution >= 4 is 111 Å². The van der Waals surface area contributed by atoms with Crippen LogP contribution in [0.4, 0.5) is 11.4 Å². The fourth-order valence-electron chi connectivity index (χ4n) is 8.36. The maximum Gasteiger partial charge on any atom is 0.0893 e. The van der Waals surface area contributed by atoms with E-state index in [1.807, 2.05) is 22.7 Å². The van der Waals surface area contributed by atoms with Crippen LogP contribution in [0.5, 0.6) is 0 Å². The fourth-order valence-corrected chi connectivity index (χ4v) is 12.9. The molecule has 1 nitrogen and oxygen atoms in total. The van der Waals surface area contributed by atoms with Crippen LogP contribution in [-0.2, 0) is 0 Å². The van der Waals surface area contributed by atoms with E-state index in [9.17, 15) is 0 Å². The zero-order chi connectivity index (χ0) is 32.8. The molecule has 11 rings (SSSR count). The van der Waals surface area contributed by atoms with E-state index < -0.39 is 9.52 Å². The molecule has 0 N–H and O–H groups in total. The molecule has 1 aliphatic carbocycles. The summed E-state index contributed by atoms with van der Waals surface area (Å²) in [5.41, 5.74) is 9.53. The lowest BCUT2D eigenvalue weighted by atomic mass is 9.93. The van der Waals surface area contributed by atoms with Crippen LogP contribution in [0.2, 0.25) is 0 Å². The number of benzene rings is 7. The quantitative estimate of drug-likeness (QED) is 0.166. The molecule has 0 unspecified atom stereocenters. The molecular weight excluding hydrogens is 659 g/mol. The van der Waals surface area contributed by atoms with Gasteiger partial charge >= 0.3 is 0 Å². The Hall–Kier alpha value is -5.26. The smallest absolute Gasteiger partial charge is 0.0893 e. The van der Waals surface area contributed by atoms with Gasteiger partial charge in [0.15, 0.2) is 0 Å². The average Bonchev–Trinajstić information content (AvgIpc) is 3.85. The first kappa shape index (κ1) is 28.6. The second kappa shape index (κ2) is 11.1. The third-order valence-corrected chi connectivity index (χ3v) is 15.1. The van der Waals surface area contributed by atoms with Crippen LogP contribution in [0, 0.1) is 0 Å². The largest absolute Gasteiger partial charge is 0.314 e. The zero-order valence-corrected chi connectivity index (χ0v) is 30.4. The van der Waals surface area contributed by atoms with E-state index >= 15 is 0 Å². The molecule has 0 spiro atoms. The Labute approximate surface area is 300 Å². The highest BCUT2D eigenvalue weighted by atomic mass is 32.1. The Morgan fingerprint density at radius 3 is 2.08 bits per heavy atom. The van der Waals surface area contributed by atoms with Crippen molar-refractivity contribution in [3.63, 3.8) is 0 Å². The molecule has 0 amide bonds. The van der Waals surface area contributed by atoms with Gasteiger partial charge in [0.2, 0.25) is 0 Å². The minimum absolute atomic E-state index is 0.606. The molecule has 0 saturated heterocycles. The Morgan fingerprint density at radius 1 is 0.500 bits per heavy atom. The highest BCUT2D eigenvalue weighted by Gasteiger charge is 2.26. The molecule has 9 aromatic rings. The van der Waals surface area contributed by atoms with E-state index in [4.69, 9.17) is 0 Å². The fraction of sp³-hybridized carbons (Fsp3) is 0.0435. The molecule has 0 saturated carbocycles. The summed E-state index contributed by atoms with van der Waals surface area (Å²) in [5, 5.41) is 11.2. The van der Waals surface area contributed by atoms with Crippen molar-refractivity contribution in [2.24, 2.45) is 0 Å². The normalized spacial score (nSPS) is 14.5.